The van der Waals surface area contributed by atoms with Crippen LogP contribution >= 0.6 is 0 Å². The summed E-state index contributed by atoms with van der Waals surface area (Å²) in [5, 5.41) is 11.6. The zero-order chi connectivity index (χ0) is 7.28. The average Bonchev–Trinajstić information content (AvgIpc) is 1.83. The molecular formula is C6H16N2O. The molecule has 0 aromatic heterocycles. The number of nitrogens with two attached hydrogens (primary N) is 1. The van der Waals surface area contributed by atoms with E-state index in [0.717, 1.165) is 0 Å². The second-order valence-electron chi connectivity index (χ2n) is 2.51. The SMILES string of the molecule is CC(C)NC[C@H](N)CO. The fourth-order valence-electron chi connectivity index (χ4n) is 0.452. The minimum atomic E-state index is -0.118. The Morgan fingerprint density at radius 1 is 1.56 bits per heavy atom. The topological polar surface area (TPSA) is 58.3 Å². The number of rotatable bonds is 4. The molecule has 0 spiro atoms. The predicted molar refractivity (Wildman–Crippen MR) is 38.2 cm³/mol. The Bertz CT molecular complexity index is 66.1. The van der Waals surface area contributed by atoms with Gasteiger partial charge in [-0.25, -0.2) is 0 Å². The van der Waals surface area contributed by atoms with Crippen LogP contribution in [0.2, 0.25) is 0 Å². The first-order chi connectivity index (χ1) is 4.16. The summed E-state index contributed by atoms with van der Waals surface area (Å²) in [5.41, 5.74) is 5.41. The molecule has 0 unspecified atom stereocenters. The van der Waals surface area contributed by atoms with Crippen molar-refractivity contribution in [3.05, 3.63) is 0 Å². The fourth-order valence-corrected chi connectivity index (χ4v) is 0.452. The van der Waals surface area contributed by atoms with Crippen molar-refractivity contribution in [3.8, 4) is 0 Å². The molecule has 1 atom stereocenters. The molecule has 0 amide bonds. The van der Waals surface area contributed by atoms with E-state index in [2.05, 4.69) is 5.32 Å². The molecular weight excluding hydrogens is 116 g/mol. The number of hydrogen-bond acceptors (Lipinski definition) is 3. The lowest BCUT2D eigenvalue weighted by molar-refractivity contribution is 0.260. The first-order valence-electron chi connectivity index (χ1n) is 3.26. The van der Waals surface area contributed by atoms with E-state index in [9.17, 15) is 0 Å². The van der Waals surface area contributed by atoms with E-state index in [1.807, 2.05) is 13.8 Å². The third-order valence-electron chi connectivity index (χ3n) is 1.02. The van der Waals surface area contributed by atoms with Gasteiger partial charge in [-0.3, -0.25) is 0 Å². The summed E-state index contributed by atoms with van der Waals surface area (Å²) >= 11 is 0. The van der Waals surface area contributed by atoms with Crippen LogP contribution in [-0.4, -0.2) is 30.3 Å². The molecule has 0 radical (unpaired) electrons. The van der Waals surface area contributed by atoms with Crippen molar-refractivity contribution in [3.63, 3.8) is 0 Å². The molecule has 56 valence electrons. The minimum Gasteiger partial charge on any atom is -0.395 e. The van der Waals surface area contributed by atoms with Crippen molar-refractivity contribution < 1.29 is 5.11 Å². The van der Waals surface area contributed by atoms with Crippen molar-refractivity contribution >= 4 is 0 Å². The van der Waals surface area contributed by atoms with Crippen molar-refractivity contribution in [2.75, 3.05) is 13.2 Å². The summed E-state index contributed by atoms with van der Waals surface area (Å²) < 4.78 is 0. The molecule has 3 nitrogen and oxygen atoms in total. The molecule has 0 fully saturated rings. The van der Waals surface area contributed by atoms with E-state index in [1.165, 1.54) is 0 Å². The summed E-state index contributed by atoms with van der Waals surface area (Å²) in [4.78, 5) is 0. The van der Waals surface area contributed by atoms with Gasteiger partial charge >= 0.3 is 0 Å². The standard InChI is InChI=1S/C6H16N2O/c1-5(2)8-3-6(7)4-9/h5-6,8-9H,3-4,7H2,1-2H3/t6-/m0/s1. The first-order valence-corrected chi connectivity index (χ1v) is 3.26. The highest BCUT2D eigenvalue weighted by Crippen LogP contribution is 1.77. The highest BCUT2D eigenvalue weighted by molar-refractivity contribution is 4.63. The van der Waals surface area contributed by atoms with Crippen molar-refractivity contribution in [1.82, 2.24) is 5.32 Å². The number of nitrogens with one attached hydrogen (secondary N) is 1. The molecule has 0 heterocycles. The van der Waals surface area contributed by atoms with Crippen molar-refractivity contribution in [2.24, 2.45) is 5.73 Å². The van der Waals surface area contributed by atoms with Gasteiger partial charge in [-0.15, -0.1) is 0 Å². The van der Waals surface area contributed by atoms with Crippen LogP contribution in [0.1, 0.15) is 13.8 Å². The maximum Gasteiger partial charge on any atom is 0.0594 e. The van der Waals surface area contributed by atoms with Gasteiger partial charge in [-0.05, 0) is 0 Å². The molecule has 9 heavy (non-hydrogen) atoms. The Morgan fingerprint density at radius 3 is 2.44 bits per heavy atom. The number of aliphatic hydroxyl groups is 1. The molecule has 4 N–H and O–H groups in total. The van der Waals surface area contributed by atoms with Gasteiger partial charge in [0.2, 0.25) is 0 Å². The summed E-state index contributed by atoms with van der Waals surface area (Å²) in [6.07, 6.45) is 0. The van der Waals surface area contributed by atoms with Crippen molar-refractivity contribution in [2.45, 2.75) is 25.9 Å². The molecule has 0 saturated heterocycles. The van der Waals surface area contributed by atoms with Gasteiger partial charge < -0.3 is 16.2 Å². The van der Waals surface area contributed by atoms with Crippen LogP contribution in [0.5, 0.6) is 0 Å². The maximum atomic E-state index is 8.48. The van der Waals surface area contributed by atoms with Crippen LogP contribution < -0.4 is 11.1 Å². The summed E-state index contributed by atoms with van der Waals surface area (Å²) in [6.45, 7) is 4.84. The summed E-state index contributed by atoms with van der Waals surface area (Å²) in [7, 11) is 0. The van der Waals surface area contributed by atoms with Crippen LogP contribution in [0, 0.1) is 0 Å². The molecule has 0 aromatic carbocycles. The van der Waals surface area contributed by atoms with E-state index in [-0.39, 0.29) is 12.6 Å². The molecule has 3 heteroatoms. The van der Waals surface area contributed by atoms with E-state index < -0.39 is 0 Å². The quantitative estimate of drug-likeness (QED) is 0.474. The van der Waals surface area contributed by atoms with Gasteiger partial charge in [0.1, 0.15) is 0 Å². The van der Waals surface area contributed by atoms with Crippen LogP contribution in [0.25, 0.3) is 0 Å². The predicted octanol–water partition coefficient (Wildman–Crippen LogP) is -0.696. The Morgan fingerprint density at radius 2 is 2.11 bits per heavy atom. The van der Waals surface area contributed by atoms with E-state index >= 15 is 0 Å². The van der Waals surface area contributed by atoms with E-state index in [4.69, 9.17) is 10.8 Å². The third-order valence-corrected chi connectivity index (χ3v) is 1.02. The normalized spacial score (nSPS) is 14.3. The fraction of sp³-hybridized carbons (Fsp3) is 1.00. The molecule has 0 saturated carbocycles. The smallest absolute Gasteiger partial charge is 0.0594 e. The highest BCUT2D eigenvalue weighted by atomic mass is 16.3. The van der Waals surface area contributed by atoms with Gasteiger partial charge in [0.25, 0.3) is 0 Å². The Labute approximate surface area is 56.2 Å². The lowest BCUT2D eigenvalue weighted by atomic mass is 10.3. The second-order valence-corrected chi connectivity index (χ2v) is 2.51. The number of hydrogen-bond donors (Lipinski definition) is 3. The van der Waals surface area contributed by atoms with Crippen LogP contribution in [0.3, 0.4) is 0 Å². The Hall–Kier alpha value is -0.120. The van der Waals surface area contributed by atoms with Crippen LogP contribution in [0.4, 0.5) is 0 Å². The average molecular weight is 132 g/mol. The summed E-state index contributed by atoms with van der Waals surface area (Å²) in [6, 6.07) is 0.329. The molecule has 0 bridgehead atoms. The Balaban J connectivity index is 3.06. The third kappa shape index (κ3) is 5.76. The van der Waals surface area contributed by atoms with Gasteiger partial charge in [-0.1, -0.05) is 13.8 Å². The monoisotopic (exact) mass is 132 g/mol. The zero-order valence-electron chi connectivity index (χ0n) is 6.09. The summed E-state index contributed by atoms with van der Waals surface area (Å²) in [5.74, 6) is 0. The molecule has 0 aliphatic heterocycles. The molecule has 0 aromatic rings. The zero-order valence-corrected chi connectivity index (χ0v) is 6.09. The second kappa shape index (κ2) is 4.73. The lowest BCUT2D eigenvalue weighted by Crippen LogP contribution is -2.39. The number of aliphatic hydroxyl groups excluding tert-OH is 1. The molecule has 0 aliphatic carbocycles. The van der Waals surface area contributed by atoms with E-state index in [1.54, 1.807) is 0 Å². The van der Waals surface area contributed by atoms with E-state index in [0.29, 0.717) is 12.6 Å². The lowest BCUT2D eigenvalue weighted by Gasteiger charge is -2.11. The van der Waals surface area contributed by atoms with Gasteiger partial charge in [0.05, 0.1) is 6.61 Å². The van der Waals surface area contributed by atoms with Gasteiger partial charge in [0.15, 0.2) is 0 Å². The molecule has 0 aliphatic rings. The van der Waals surface area contributed by atoms with Crippen LogP contribution in [-0.2, 0) is 0 Å². The molecule has 0 rings (SSSR count). The first kappa shape index (κ1) is 8.88. The van der Waals surface area contributed by atoms with Crippen molar-refractivity contribution in [1.29, 1.82) is 0 Å². The highest BCUT2D eigenvalue weighted by Gasteiger charge is 1.99. The van der Waals surface area contributed by atoms with Gasteiger partial charge in [-0.2, -0.15) is 0 Å². The maximum absolute atomic E-state index is 8.48. The Kier molecular flexibility index (Phi) is 4.67. The van der Waals surface area contributed by atoms with Gasteiger partial charge in [0, 0.05) is 18.6 Å². The largest absolute Gasteiger partial charge is 0.395 e. The minimum absolute atomic E-state index is 0.0553. The van der Waals surface area contributed by atoms with Crippen LogP contribution in [0.15, 0.2) is 0 Å².